The van der Waals surface area contributed by atoms with Crippen molar-refractivity contribution in [2.45, 2.75) is 32.6 Å². The molecule has 2 aromatic carbocycles. The molecule has 1 saturated heterocycles. The number of aliphatic hydroxyl groups excluding tert-OH is 1. The van der Waals surface area contributed by atoms with Gasteiger partial charge >= 0.3 is 0 Å². The monoisotopic (exact) mass is 478 g/mol. The Bertz CT molecular complexity index is 1250. The average Bonchev–Trinajstić information content (AvgIpc) is 2.92. The molecule has 1 aliphatic heterocycles. The number of aromatic nitrogens is 2. The van der Waals surface area contributed by atoms with Gasteiger partial charge in [-0.1, -0.05) is 67.8 Å². The Labute approximate surface area is 214 Å². The van der Waals surface area contributed by atoms with Gasteiger partial charge in [0.1, 0.15) is 0 Å². The summed E-state index contributed by atoms with van der Waals surface area (Å²) >= 11 is 0. The Morgan fingerprint density at radius 3 is 2.50 bits per heavy atom. The lowest BCUT2D eigenvalue weighted by Gasteiger charge is -2.33. The Morgan fingerprint density at radius 1 is 1.06 bits per heavy atom. The third-order valence-electron chi connectivity index (χ3n) is 6.64. The maximum Gasteiger partial charge on any atom is 0.150 e. The first-order valence-corrected chi connectivity index (χ1v) is 12.5. The van der Waals surface area contributed by atoms with Crippen molar-refractivity contribution in [3.05, 3.63) is 114 Å². The van der Waals surface area contributed by atoms with Crippen molar-refractivity contribution >= 4 is 23.3 Å². The first-order chi connectivity index (χ1) is 17.5. The second-order valence-electron chi connectivity index (χ2n) is 9.14. The highest BCUT2D eigenvalue weighted by Crippen LogP contribution is 2.27. The molecule has 5 heteroatoms. The summed E-state index contributed by atoms with van der Waals surface area (Å²) in [5.74, 6) is 1.39. The molecule has 1 aliphatic rings. The largest absolute Gasteiger partial charge is 0.513 e. The minimum absolute atomic E-state index is 0.173. The molecule has 0 unspecified atom stereocenters. The van der Waals surface area contributed by atoms with Crippen molar-refractivity contribution < 1.29 is 5.11 Å². The van der Waals surface area contributed by atoms with E-state index in [1.807, 2.05) is 31.3 Å². The van der Waals surface area contributed by atoms with Crippen LogP contribution in [0.15, 0.2) is 97.0 Å². The molecular weight excluding hydrogens is 444 g/mol. The lowest BCUT2D eigenvalue weighted by molar-refractivity contribution is 0.297. The third-order valence-corrected chi connectivity index (χ3v) is 6.64. The van der Waals surface area contributed by atoms with Gasteiger partial charge in [0.2, 0.25) is 0 Å². The second-order valence-corrected chi connectivity index (χ2v) is 9.14. The van der Waals surface area contributed by atoms with Crippen LogP contribution in [0.2, 0.25) is 0 Å². The zero-order chi connectivity index (χ0) is 25.3. The highest BCUT2D eigenvalue weighted by molar-refractivity contribution is 6.09. The summed E-state index contributed by atoms with van der Waals surface area (Å²) in [4.78, 5) is 16.2. The highest BCUT2D eigenvalue weighted by atomic mass is 16.3. The summed E-state index contributed by atoms with van der Waals surface area (Å²) in [5.41, 5.74) is 6.21. The van der Waals surface area contributed by atoms with Crippen LogP contribution in [-0.2, 0) is 12.8 Å². The number of allylic oxidation sites excluding steroid dienone is 4. The normalized spacial score (nSPS) is 14.5. The molecule has 0 aliphatic carbocycles. The van der Waals surface area contributed by atoms with E-state index in [2.05, 4.69) is 70.5 Å². The maximum absolute atomic E-state index is 9.72. The van der Waals surface area contributed by atoms with Crippen LogP contribution in [-0.4, -0.2) is 34.4 Å². The number of nitrogens with zero attached hydrogens (tertiary/aromatic N) is 4. The van der Waals surface area contributed by atoms with Crippen molar-refractivity contribution in [1.82, 2.24) is 9.97 Å². The number of para-hydroxylation sites is 1. The van der Waals surface area contributed by atoms with Gasteiger partial charge in [-0.3, -0.25) is 9.98 Å². The van der Waals surface area contributed by atoms with Crippen LogP contribution in [0.5, 0.6) is 0 Å². The molecule has 1 aromatic heterocycles. The van der Waals surface area contributed by atoms with Crippen LogP contribution in [0.1, 0.15) is 42.1 Å². The fourth-order valence-electron chi connectivity index (χ4n) is 4.48. The van der Waals surface area contributed by atoms with E-state index < -0.39 is 0 Å². The SMILES string of the molecule is C=C(C=Nc1ccccc1C/C=C/C)c1ccc(Cc2nccnc2N2CCC(C(=C)O)CC2)cc1. The number of aliphatic imine (C=N–C) groups is 1. The summed E-state index contributed by atoms with van der Waals surface area (Å²) in [6, 6.07) is 16.6. The molecule has 0 amide bonds. The van der Waals surface area contributed by atoms with Gasteiger partial charge in [0.15, 0.2) is 5.82 Å². The molecule has 36 heavy (non-hydrogen) atoms. The van der Waals surface area contributed by atoms with E-state index in [0.29, 0.717) is 12.2 Å². The minimum Gasteiger partial charge on any atom is -0.513 e. The average molecular weight is 479 g/mol. The molecule has 1 fully saturated rings. The van der Waals surface area contributed by atoms with E-state index in [-0.39, 0.29) is 5.92 Å². The second kappa shape index (κ2) is 12.1. The first-order valence-electron chi connectivity index (χ1n) is 12.5. The lowest BCUT2D eigenvalue weighted by Crippen LogP contribution is -2.35. The van der Waals surface area contributed by atoms with E-state index in [4.69, 9.17) is 4.99 Å². The van der Waals surface area contributed by atoms with Gasteiger partial charge in [-0.15, -0.1) is 0 Å². The molecule has 0 atom stereocenters. The predicted molar refractivity (Wildman–Crippen MR) is 150 cm³/mol. The molecule has 1 N–H and O–H groups in total. The summed E-state index contributed by atoms with van der Waals surface area (Å²) < 4.78 is 0. The summed E-state index contributed by atoms with van der Waals surface area (Å²) in [5, 5.41) is 9.72. The standard InChI is InChI=1S/C31H34N4O/c1-4-5-8-28-9-6-7-10-29(28)34-22-23(2)26-13-11-25(12-14-26)21-30-31(33-18-17-32-30)35-19-15-27(16-20-35)24(3)36/h4-7,9-14,17-18,22,27,36H,2-3,8,15-16,19-21H2,1H3/b5-4+,34-22?. The van der Waals surface area contributed by atoms with Gasteiger partial charge in [-0.05, 0) is 54.5 Å². The molecular formula is C31H34N4O. The van der Waals surface area contributed by atoms with Crippen molar-refractivity contribution in [2.75, 3.05) is 18.0 Å². The molecule has 0 saturated carbocycles. The van der Waals surface area contributed by atoms with Crippen LogP contribution in [0, 0.1) is 5.92 Å². The number of anilines is 1. The zero-order valence-corrected chi connectivity index (χ0v) is 21.0. The van der Waals surface area contributed by atoms with Crippen LogP contribution in [0.4, 0.5) is 11.5 Å². The third kappa shape index (κ3) is 6.36. The van der Waals surface area contributed by atoms with E-state index in [1.165, 1.54) is 11.1 Å². The van der Waals surface area contributed by atoms with Crippen LogP contribution >= 0.6 is 0 Å². The number of rotatable bonds is 9. The number of hydrogen-bond donors (Lipinski definition) is 1. The van der Waals surface area contributed by atoms with Crippen LogP contribution in [0.3, 0.4) is 0 Å². The predicted octanol–water partition coefficient (Wildman–Crippen LogP) is 6.89. The smallest absolute Gasteiger partial charge is 0.150 e. The van der Waals surface area contributed by atoms with Crippen molar-refractivity contribution in [3.63, 3.8) is 0 Å². The van der Waals surface area contributed by atoms with Gasteiger partial charge in [-0.25, -0.2) is 4.98 Å². The van der Waals surface area contributed by atoms with E-state index in [9.17, 15) is 5.11 Å². The van der Waals surface area contributed by atoms with E-state index in [0.717, 1.165) is 60.7 Å². The van der Waals surface area contributed by atoms with Gasteiger partial charge in [0.25, 0.3) is 0 Å². The Morgan fingerprint density at radius 2 is 1.78 bits per heavy atom. The summed E-state index contributed by atoms with van der Waals surface area (Å²) in [7, 11) is 0. The van der Waals surface area contributed by atoms with Gasteiger partial charge in [0.05, 0.1) is 17.1 Å². The number of piperidine rings is 1. The highest BCUT2D eigenvalue weighted by Gasteiger charge is 2.23. The molecule has 5 nitrogen and oxygen atoms in total. The fourth-order valence-corrected chi connectivity index (χ4v) is 4.48. The molecule has 4 rings (SSSR count). The fraction of sp³-hybridized carbons (Fsp3) is 0.258. The number of aliphatic hydroxyl groups is 1. The molecule has 0 radical (unpaired) electrons. The molecule has 184 valence electrons. The van der Waals surface area contributed by atoms with E-state index in [1.54, 1.807) is 12.4 Å². The molecule has 0 bridgehead atoms. The van der Waals surface area contributed by atoms with Gasteiger partial charge in [0, 0.05) is 44.0 Å². The maximum atomic E-state index is 9.72. The van der Waals surface area contributed by atoms with Crippen LogP contribution < -0.4 is 4.90 Å². The van der Waals surface area contributed by atoms with Crippen molar-refractivity contribution in [2.24, 2.45) is 10.9 Å². The van der Waals surface area contributed by atoms with Gasteiger partial charge in [-0.2, -0.15) is 0 Å². The number of hydrogen-bond acceptors (Lipinski definition) is 5. The lowest BCUT2D eigenvalue weighted by atomic mass is 9.95. The topological polar surface area (TPSA) is 61.6 Å². The molecule has 0 spiro atoms. The number of benzene rings is 2. The molecule has 3 aromatic rings. The zero-order valence-electron chi connectivity index (χ0n) is 21.0. The summed E-state index contributed by atoms with van der Waals surface area (Å²) in [6.45, 7) is 11.6. The quantitative estimate of drug-likeness (QED) is 0.207. The van der Waals surface area contributed by atoms with Crippen molar-refractivity contribution in [3.8, 4) is 0 Å². The van der Waals surface area contributed by atoms with Crippen molar-refractivity contribution in [1.29, 1.82) is 0 Å². The minimum atomic E-state index is 0.173. The Hall–Kier alpha value is -3.99. The summed E-state index contributed by atoms with van der Waals surface area (Å²) in [6.07, 6.45) is 12.9. The van der Waals surface area contributed by atoms with E-state index >= 15 is 0 Å². The van der Waals surface area contributed by atoms with Gasteiger partial charge < -0.3 is 10.0 Å². The first kappa shape index (κ1) is 25.1. The van der Waals surface area contributed by atoms with Crippen LogP contribution in [0.25, 0.3) is 5.57 Å². The Kier molecular flexibility index (Phi) is 8.45. The molecule has 2 heterocycles. The Balaban J connectivity index is 1.42.